The van der Waals surface area contributed by atoms with Crippen LogP contribution in [0.5, 0.6) is 17.2 Å². The fourth-order valence-electron chi connectivity index (χ4n) is 3.96. The largest absolute Gasteiger partial charge is 0.543 e. The fraction of sp³-hybridized carbons (Fsp3) is 0.462. The van der Waals surface area contributed by atoms with E-state index in [-0.39, 0.29) is 5.04 Å². The maximum atomic E-state index is 7.06. The molecule has 4 heteroatoms. The zero-order valence-corrected chi connectivity index (χ0v) is 21.0. The van der Waals surface area contributed by atoms with E-state index in [1.54, 1.807) is 14.2 Å². The number of hydrogen-bond acceptors (Lipinski definition) is 3. The Morgan fingerprint density at radius 1 is 0.800 bits per heavy atom. The number of rotatable bonds is 6. The minimum absolute atomic E-state index is 0.116. The average molecular weight is 425 g/mol. The molecule has 0 atom stereocenters. The lowest BCUT2D eigenvalue weighted by Crippen LogP contribution is -2.44. The highest BCUT2D eigenvalue weighted by molar-refractivity contribution is 6.74. The smallest absolute Gasteiger partial charge is 0.250 e. The van der Waals surface area contributed by atoms with Gasteiger partial charge in [-0.15, -0.1) is 0 Å². The summed E-state index contributed by atoms with van der Waals surface area (Å²) < 4.78 is 18.5. The summed E-state index contributed by atoms with van der Waals surface area (Å²) in [6.45, 7) is 15.9. The van der Waals surface area contributed by atoms with E-state index < -0.39 is 8.32 Å². The SMILES string of the molecule is CCc1c(CC)c(O[Si](C)(C)C(C)(C)C)c2c(ccc3cc(OC)ccc32)c1OC. The lowest BCUT2D eigenvalue weighted by molar-refractivity contribution is 0.413. The van der Waals surface area contributed by atoms with Crippen LogP contribution in [0.15, 0.2) is 30.3 Å². The van der Waals surface area contributed by atoms with Gasteiger partial charge in [0.15, 0.2) is 0 Å². The summed E-state index contributed by atoms with van der Waals surface area (Å²) in [6, 6.07) is 10.6. The van der Waals surface area contributed by atoms with Crippen LogP contribution in [0.25, 0.3) is 21.5 Å². The van der Waals surface area contributed by atoms with Gasteiger partial charge in [0.25, 0.3) is 8.32 Å². The molecule has 0 radical (unpaired) electrons. The molecular formula is C26H36O3Si. The van der Waals surface area contributed by atoms with Crippen molar-refractivity contribution in [3.05, 3.63) is 41.5 Å². The number of benzene rings is 3. The maximum Gasteiger partial charge on any atom is 0.250 e. The monoisotopic (exact) mass is 424 g/mol. The molecule has 0 aliphatic carbocycles. The van der Waals surface area contributed by atoms with E-state index in [1.807, 2.05) is 6.07 Å². The van der Waals surface area contributed by atoms with Gasteiger partial charge in [-0.1, -0.05) is 40.7 Å². The van der Waals surface area contributed by atoms with E-state index in [4.69, 9.17) is 13.9 Å². The van der Waals surface area contributed by atoms with Crippen LogP contribution < -0.4 is 13.9 Å². The predicted octanol–water partition coefficient (Wildman–Crippen LogP) is 7.52. The van der Waals surface area contributed by atoms with E-state index in [1.165, 1.54) is 16.5 Å². The van der Waals surface area contributed by atoms with Crippen molar-refractivity contribution in [2.24, 2.45) is 0 Å². The van der Waals surface area contributed by atoms with Gasteiger partial charge in [0.05, 0.1) is 14.2 Å². The molecule has 0 fully saturated rings. The first kappa shape index (κ1) is 22.5. The van der Waals surface area contributed by atoms with Crippen molar-refractivity contribution in [3.8, 4) is 17.2 Å². The third kappa shape index (κ3) is 3.66. The standard InChI is InChI=1S/C26H36O3Si/c1-10-19-20(11-2)25(29-30(8,9)26(3,4)5)23-21-15-13-18(27-6)16-17(21)12-14-22(23)24(19)28-7/h12-16H,10-11H2,1-9H3. The molecule has 0 saturated carbocycles. The van der Waals surface area contributed by atoms with Crippen molar-refractivity contribution in [1.29, 1.82) is 0 Å². The molecule has 0 aromatic heterocycles. The molecule has 0 N–H and O–H groups in total. The van der Waals surface area contributed by atoms with Crippen LogP contribution in [-0.4, -0.2) is 22.5 Å². The zero-order valence-electron chi connectivity index (χ0n) is 20.0. The van der Waals surface area contributed by atoms with Crippen molar-refractivity contribution >= 4 is 29.9 Å². The van der Waals surface area contributed by atoms with Gasteiger partial charge in [-0.3, -0.25) is 0 Å². The van der Waals surface area contributed by atoms with Crippen LogP contribution in [0.2, 0.25) is 18.1 Å². The first-order chi connectivity index (χ1) is 14.1. The van der Waals surface area contributed by atoms with Gasteiger partial charge < -0.3 is 13.9 Å². The van der Waals surface area contributed by atoms with Crippen LogP contribution in [-0.2, 0) is 12.8 Å². The Bertz CT molecular complexity index is 1080. The lowest BCUT2D eigenvalue weighted by atomic mass is 9.91. The summed E-state index contributed by atoms with van der Waals surface area (Å²) in [5.41, 5.74) is 2.53. The number of fused-ring (bicyclic) bond motifs is 3. The molecule has 3 aromatic rings. The summed E-state index contributed by atoms with van der Waals surface area (Å²) in [4.78, 5) is 0. The molecule has 0 unspecified atom stereocenters. The maximum absolute atomic E-state index is 7.06. The van der Waals surface area contributed by atoms with E-state index in [9.17, 15) is 0 Å². The second-order valence-electron chi connectivity index (χ2n) is 9.46. The number of ether oxygens (including phenoxy) is 2. The molecular weight excluding hydrogens is 388 g/mol. The Hall–Kier alpha value is -2.20. The summed E-state index contributed by atoms with van der Waals surface area (Å²) in [6.07, 6.45) is 1.82. The van der Waals surface area contributed by atoms with Crippen LogP contribution >= 0.6 is 0 Å². The van der Waals surface area contributed by atoms with Gasteiger partial charge in [-0.2, -0.15) is 0 Å². The molecule has 0 heterocycles. The average Bonchev–Trinajstić information content (AvgIpc) is 2.71. The Balaban J connectivity index is 2.50. The van der Waals surface area contributed by atoms with Crippen LogP contribution in [0.1, 0.15) is 45.7 Å². The van der Waals surface area contributed by atoms with Gasteiger partial charge >= 0.3 is 0 Å². The molecule has 0 spiro atoms. The van der Waals surface area contributed by atoms with Gasteiger partial charge in [-0.25, -0.2) is 0 Å². The van der Waals surface area contributed by atoms with E-state index in [0.717, 1.165) is 46.2 Å². The van der Waals surface area contributed by atoms with Gasteiger partial charge in [0.1, 0.15) is 17.2 Å². The van der Waals surface area contributed by atoms with Crippen LogP contribution in [0.4, 0.5) is 0 Å². The zero-order chi connectivity index (χ0) is 22.3. The molecule has 3 rings (SSSR count). The lowest BCUT2D eigenvalue weighted by Gasteiger charge is -2.38. The van der Waals surface area contributed by atoms with Crippen molar-refractivity contribution in [3.63, 3.8) is 0 Å². The van der Waals surface area contributed by atoms with Crippen LogP contribution in [0.3, 0.4) is 0 Å². The van der Waals surface area contributed by atoms with Crippen molar-refractivity contribution in [2.45, 2.75) is 65.6 Å². The summed E-state index contributed by atoms with van der Waals surface area (Å²) in [5.74, 6) is 2.89. The Morgan fingerprint density at radius 3 is 1.93 bits per heavy atom. The number of hydrogen-bond donors (Lipinski definition) is 0. The Morgan fingerprint density at radius 2 is 1.40 bits per heavy atom. The second kappa shape index (κ2) is 8.14. The minimum Gasteiger partial charge on any atom is -0.543 e. The molecule has 162 valence electrons. The summed E-state index contributed by atoms with van der Waals surface area (Å²) in [5, 5.41) is 4.72. The van der Waals surface area contributed by atoms with Crippen molar-refractivity contribution in [1.82, 2.24) is 0 Å². The molecule has 0 bridgehead atoms. The molecule has 0 amide bonds. The second-order valence-corrected chi connectivity index (χ2v) is 14.2. The highest BCUT2D eigenvalue weighted by Crippen LogP contribution is 2.48. The van der Waals surface area contributed by atoms with E-state index in [0.29, 0.717) is 0 Å². The summed E-state index contributed by atoms with van der Waals surface area (Å²) >= 11 is 0. The Kier molecular flexibility index (Phi) is 6.10. The molecule has 0 aliphatic heterocycles. The first-order valence-corrected chi connectivity index (χ1v) is 13.8. The highest BCUT2D eigenvalue weighted by atomic mass is 28.4. The fourth-order valence-corrected chi connectivity index (χ4v) is 5.00. The third-order valence-corrected chi connectivity index (χ3v) is 11.0. The van der Waals surface area contributed by atoms with Crippen LogP contribution in [0, 0.1) is 0 Å². The van der Waals surface area contributed by atoms with E-state index >= 15 is 0 Å². The minimum atomic E-state index is -2.04. The third-order valence-electron chi connectivity index (χ3n) is 6.69. The molecule has 0 saturated heterocycles. The normalized spacial score (nSPS) is 12.4. The van der Waals surface area contributed by atoms with E-state index in [2.05, 4.69) is 72.0 Å². The van der Waals surface area contributed by atoms with Gasteiger partial charge in [0, 0.05) is 16.3 Å². The Labute approximate surface area is 182 Å². The topological polar surface area (TPSA) is 27.7 Å². The van der Waals surface area contributed by atoms with Gasteiger partial charge in [0.2, 0.25) is 0 Å². The first-order valence-electron chi connectivity index (χ1n) is 10.9. The van der Waals surface area contributed by atoms with Crippen molar-refractivity contribution in [2.75, 3.05) is 14.2 Å². The summed E-state index contributed by atoms with van der Waals surface area (Å²) in [7, 11) is 1.44. The highest BCUT2D eigenvalue weighted by Gasteiger charge is 2.40. The van der Waals surface area contributed by atoms with Crippen molar-refractivity contribution < 1.29 is 13.9 Å². The molecule has 3 aromatic carbocycles. The van der Waals surface area contributed by atoms with Gasteiger partial charge in [-0.05, 0) is 71.6 Å². The quantitative estimate of drug-likeness (QED) is 0.302. The molecule has 0 aliphatic rings. The molecule has 30 heavy (non-hydrogen) atoms. The molecule has 3 nitrogen and oxygen atoms in total. The number of methoxy groups -OCH3 is 2. The predicted molar refractivity (Wildman–Crippen MR) is 131 cm³/mol.